The van der Waals surface area contributed by atoms with Crippen LogP contribution in [0, 0.1) is 5.82 Å². The summed E-state index contributed by atoms with van der Waals surface area (Å²) in [5, 5.41) is 3.37. The molecule has 5 rings (SSSR count). The van der Waals surface area contributed by atoms with Crippen molar-refractivity contribution >= 4 is 44.3 Å². The molecule has 1 atom stereocenters. The Hall–Kier alpha value is -2.38. The van der Waals surface area contributed by atoms with Crippen LogP contribution in [0.2, 0.25) is 0 Å². The van der Waals surface area contributed by atoms with Gasteiger partial charge in [-0.1, -0.05) is 11.8 Å². The molecule has 27 heavy (non-hydrogen) atoms. The summed E-state index contributed by atoms with van der Waals surface area (Å²) < 4.78 is 19.7. The minimum Gasteiger partial charge on any atom is -0.377 e. The fraction of sp³-hybridized carbons (Fsp3) is 0.300. The molecule has 1 unspecified atom stereocenters. The molecule has 1 saturated heterocycles. The highest BCUT2D eigenvalue weighted by molar-refractivity contribution is 7.99. The van der Waals surface area contributed by atoms with Crippen molar-refractivity contribution in [3.8, 4) is 0 Å². The van der Waals surface area contributed by atoms with Gasteiger partial charge in [-0.15, -0.1) is 0 Å². The van der Waals surface area contributed by atoms with Gasteiger partial charge in [0.25, 0.3) is 5.56 Å². The summed E-state index contributed by atoms with van der Waals surface area (Å²) in [7, 11) is 0. The number of imidazole rings is 1. The van der Waals surface area contributed by atoms with E-state index >= 15 is 0 Å². The maximum atomic E-state index is 13.9. The standard InChI is InChI=1S/C20H18FN3O2S/c21-11-4-5-13-15(9-11)16-14(6-7-22-19(16)25)18-17(13)23-20(24-18)27-10-12-3-1-2-8-26-12/h4-7,9,12H,1-3,8,10H2,(H,22,25)(H,23,24). The second kappa shape index (κ2) is 6.65. The number of benzene rings is 2. The number of hydrogen-bond donors (Lipinski definition) is 2. The van der Waals surface area contributed by atoms with Crippen molar-refractivity contribution in [2.45, 2.75) is 30.5 Å². The van der Waals surface area contributed by atoms with Crippen LogP contribution in [-0.4, -0.2) is 33.4 Å². The SMILES string of the molecule is O=c1[nH]ccc2c3nc(SCC4CCCCO4)[nH]c3c3ccc(F)cc3c12. The van der Waals surface area contributed by atoms with Crippen molar-refractivity contribution in [1.82, 2.24) is 15.0 Å². The molecule has 1 aliphatic heterocycles. The zero-order valence-electron chi connectivity index (χ0n) is 14.5. The smallest absolute Gasteiger partial charge is 0.256 e. The van der Waals surface area contributed by atoms with Gasteiger partial charge in [-0.3, -0.25) is 4.79 Å². The summed E-state index contributed by atoms with van der Waals surface area (Å²) >= 11 is 1.63. The molecule has 138 valence electrons. The minimum absolute atomic E-state index is 0.238. The number of nitrogens with one attached hydrogen (secondary N) is 2. The number of rotatable bonds is 3. The molecule has 2 N–H and O–H groups in total. The number of thioether (sulfide) groups is 1. The Kier molecular flexibility index (Phi) is 4.13. The zero-order valence-corrected chi connectivity index (χ0v) is 15.4. The molecule has 2 aromatic carbocycles. The van der Waals surface area contributed by atoms with Crippen LogP contribution >= 0.6 is 11.8 Å². The fourth-order valence-electron chi connectivity index (χ4n) is 3.80. The fourth-order valence-corrected chi connectivity index (χ4v) is 4.74. The maximum absolute atomic E-state index is 13.9. The van der Waals surface area contributed by atoms with Crippen molar-refractivity contribution in [3.63, 3.8) is 0 Å². The molecule has 5 nitrogen and oxygen atoms in total. The van der Waals surface area contributed by atoms with Crippen LogP contribution in [0.25, 0.3) is 32.6 Å². The first-order valence-corrected chi connectivity index (χ1v) is 10.1. The summed E-state index contributed by atoms with van der Waals surface area (Å²) in [5.74, 6) is 0.472. The van der Waals surface area contributed by atoms with Crippen LogP contribution in [0.1, 0.15) is 19.3 Å². The Balaban J connectivity index is 1.67. The second-order valence-corrected chi connectivity index (χ2v) is 7.86. The van der Waals surface area contributed by atoms with E-state index in [-0.39, 0.29) is 17.5 Å². The first kappa shape index (κ1) is 16.8. The monoisotopic (exact) mass is 383 g/mol. The zero-order chi connectivity index (χ0) is 18.4. The van der Waals surface area contributed by atoms with Crippen molar-refractivity contribution in [1.29, 1.82) is 0 Å². The van der Waals surface area contributed by atoms with Gasteiger partial charge in [0.05, 0.1) is 22.5 Å². The van der Waals surface area contributed by atoms with Gasteiger partial charge in [0.1, 0.15) is 5.82 Å². The number of nitrogens with zero attached hydrogens (tertiary/aromatic N) is 1. The summed E-state index contributed by atoms with van der Waals surface area (Å²) in [6.07, 6.45) is 5.27. The molecular weight excluding hydrogens is 365 g/mol. The van der Waals surface area contributed by atoms with Crippen molar-refractivity contribution in [2.75, 3.05) is 12.4 Å². The second-order valence-electron chi connectivity index (χ2n) is 6.85. The van der Waals surface area contributed by atoms with Gasteiger partial charge in [-0.25, -0.2) is 9.37 Å². The van der Waals surface area contributed by atoms with Crippen LogP contribution in [-0.2, 0) is 4.74 Å². The molecule has 2 aromatic heterocycles. The molecule has 1 fully saturated rings. The lowest BCUT2D eigenvalue weighted by Gasteiger charge is -2.21. The van der Waals surface area contributed by atoms with E-state index in [1.807, 2.05) is 6.07 Å². The number of fused-ring (bicyclic) bond motifs is 6. The van der Waals surface area contributed by atoms with Crippen LogP contribution in [0.15, 0.2) is 40.4 Å². The highest BCUT2D eigenvalue weighted by Crippen LogP contribution is 2.34. The summed E-state index contributed by atoms with van der Waals surface area (Å²) in [6, 6.07) is 6.35. The third-order valence-corrected chi connectivity index (χ3v) is 6.10. The van der Waals surface area contributed by atoms with E-state index in [9.17, 15) is 9.18 Å². The molecule has 7 heteroatoms. The van der Waals surface area contributed by atoms with E-state index in [0.717, 1.165) is 52.2 Å². The highest BCUT2D eigenvalue weighted by atomic mass is 32.2. The van der Waals surface area contributed by atoms with E-state index in [0.29, 0.717) is 10.8 Å². The Labute approximate surface area is 158 Å². The summed E-state index contributed by atoms with van der Waals surface area (Å²) in [6.45, 7) is 0.828. The van der Waals surface area contributed by atoms with Crippen molar-refractivity contribution in [2.24, 2.45) is 0 Å². The lowest BCUT2D eigenvalue weighted by atomic mass is 10.0. The quantitative estimate of drug-likeness (QED) is 0.407. The lowest BCUT2D eigenvalue weighted by molar-refractivity contribution is 0.0315. The molecule has 0 bridgehead atoms. The molecule has 4 aromatic rings. The number of H-pyrrole nitrogens is 2. The molecule has 0 amide bonds. The number of pyridine rings is 1. The summed E-state index contributed by atoms with van der Waals surface area (Å²) in [4.78, 5) is 23.3. The molecule has 0 radical (unpaired) electrons. The van der Waals surface area contributed by atoms with Gasteiger partial charge in [-0.05, 0) is 43.5 Å². The third kappa shape index (κ3) is 2.91. The molecule has 0 spiro atoms. The van der Waals surface area contributed by atoms with Crippen LogP contribution < -0.4 is 5.56 Å². The lowest BCUT2D eigenvalue weighted by Crippen LogP contribution is -2.21. The predicted octanol–water partition coefficient (Wildman–Crippen LogP) is 4.36. The number of ether oxygens (including phenoxy) is 1. The largest absolute Gasteiger partial charge is 0.377 e. The van der Waals surface area contributed by atoms with Gasteiger partial charge in [0.15, 0.2) is 5.16 Å². The van der Waals surface area contributed by atoms with Gasteiger partial charge < -0.3 is 14.7 Å². The van der Waals surface area contributed by atoms with Gasteiger partial charge in [0, 0.05) is 34.7 Å². The Morgan fingerprint density at radius 3 is 3.00 bits per heavy atom. The molecule has 0 aliphatic carbocycles. The minimum atomic E-state index is -0.366. The van der Waals surface area contributed by atoms with Crippen molar-refractivity contribution < 1.29 is 9.13 Å². The normalized spacial score (nSPS) is 17.9. The predicted molar refractivity (Wildman–Crippen MR) is 106 cm³/mol. The number of hydrogen-bond acceptors (Lipinski definition) is 4. The Morgan fingerprint density at radius 2 is 2.15 bits per heavy atom. The van der Waals surface area contributed by atoms with Gasteiger partial charge in [-0.2, -0.15) is 0 Å². The van der Waals surface area contributed by atoms with Crippen LogP contribution in [0.3, 0.4) is 0 Å². The maximum Gasteiger partial charge on any atom is 0.256 e. The summed E-state index contributed by atoms with van der Waals surface area (Å²) in [5.41, 5.74) is 1.33. The Morgan fingerprint density at radius 1 is 1.22 bits per heavy atom. The first-order valence-electron chi connectivity index (χ1n) is 9.07. The van der Waals surface area contributed by atoms with Gasteiger partial charge >= 0.3 is 0 Å². The van der Waals surface area contributed by atoms with E-state index in [4.69, 9.17) is 9.72 Å². The average Bonchev–Trinajstić information content (AvgIpc) is 3.12. The number of halogens is 1. The van der Waals surface area contributed by atoms with E-state index in [2.05, 4.69) is 9.97 Å². The van der Waals surface area contributed by atoms with Crippen LogP contribution in [0.4, 0.5) is 4.39 Å². The van der Waals surface area contributed by atoms with E-state index < -0.39 is 0 Å². The molecule has 1 aliphatic rings. The Bertz CT molecular complexity index is 1210. The van der Waals surface area contributed by atoms with Crippen LogP contribution in [0.5, 0.6) is 0 Å². The third-order valence-electron chi connectivity index (χ3n) is 5.10. The van der Waals surface area contributed by atoms with Gasteiger partial charge in [0.2, 0.25) is 0 Å². The molecule has 3 heterocycles. The average molecular weight is 383 g/mol. The van der Waals surface area contributed by atoms with E-state index in [1.165, 1.54) is 18.6 Å². The van der Waals surface area contributed by atoms with E-state index in [1.54, 1.807) is 24.0 Å². The highest BCUT2D eigenvalue weighted by Gasteiger charge is 2.18. The topological polar surface area (TPSA) is 70.8 Å². The molecular formula is C20H18FN3O2S. The first-order chi connectivity index (χ1) is 13.2. The number of aromatic nitrogens is 3. The number of aromatic amines is 2. The molecule has 0 saturated carbocycles. The van der Waals surface area contributed by atoms with Crippen molar-refractivity contribution in [3.05, 3.63) is 46.6 Å².